The van der Waals surface area contributed by atoms with Crippen molar-refractivity contribution in [3.63, 3.8) is 0 Å². The van der Waals surface area contributed by atoms with Crippen molar-refractivity contribution in [2.75, 3.05) is 6.54 Å². The number of aromatic nitrogens is 2. The number of aryl methyl sites for hydroxylation is 2. The Morgan fingerprint density at radius 1 is 1.47 bits per heavy atom. The average Bonchev–Trinajstić information content (AvgIpc) is 2.66. The Hall–Kier alpha value is -0.580. The minimum absolute atomic E-state index is 0.104. The molecule has 0 aromatic carbocycles. The third kappa shape index (κ3) is 3.71. The van der Waals surface area contributed by atoms with Crippen LogP contribution in [-0.4, -0.2) is 27.5 Å². The highest BCUT2D eigenvalue weighted by atomic mass is 35.5. The molecule has 108 valence electrons. The summed E-state index contributed by atoms with van der Waals surface area (Å²) >= 11 is 6.27. The molecule has 0 radical (unpaired) electrons. The first-order valence-electron chi connectivity index (χ1n) is 7.22. The summed E-state index contributed by atoms with van der Waals surface area (Å²) in [5.74, 6) is 0.585. The van der Waals surface area contributed by atoms with E-state index in [9.17, 15) is 5.11 Å². The van der Waals surface area contributed by atoms with Crippen LogP contribution in [-0.2, 0) is 13.1 Å². The molecule has 0 saturated heterocycles. The van der Waals surface area contributed by atoms with Gasteiger partial charge in [-0.05, 0) is 45.6 Å². The van der Waals surface area contributed by atoms with Crippen LogP contribution in [0.4, 0.5) is 0 Å². The van der Waals surface area contributed by atoms with Gasteiger partial charge < -0.3 is 10.4 Å². The lowest BCUT2D eigenvalue weighted by Crippen LogP contribution is -2.29. The first-order valence-corrected chi connectivity index (χ1v) is 7.60. The number of nitrogens with one attached hydrogen (secondary N) is 1. The van der Waals surface area contributed by atoms with Crippen LogP contribution in [0.5, 0.6) is 0 Å². The SMILES string of the molecule is CCn1nc(C)c(Cl)c1CNCC1CCCC(O)C1. The summed E-state index contributed by atoms with van der Waals surface area (Å²) in [6, 6.07) is 0. The molecule has 0 aliphatic heterocycles. The van der Waals surface area contributed by atoms with Crippen molar-refractivity contribution < 1.29 is 5.11 Å². The molecular weight excluding hydrogens is 262 g/mol. The van der Waals surface area contributed by atoms with Crippen LogP contribution in [0.1, 0.15) is 44.0 Å². The van der Waals surface area contributed by atoms with Gasteiger partial charge in [0.25, 0.3) is 0 Å². The zero-order chi connectivity index (χ0) is 13.8. The summed E-state index contributed by atoms with van der Waals surface area (Å²) in [4.78, 5) is 0. The van der Waals surface area contributed by atoms with E-state index in [1.54, 1.807) is 0 Å². The summed E-state index contributed by atoms with van der Waals surface area (Å²) in [6.07, 6.45) is 4.13. The minimum Gasteiger partial charge on any atom is -0.393 e. The second kappa shape index (κ2) is 6.73. The molecule has 4 nitrogen and oxygen atoms in total. The molecule has 0 bridgehead atoms. The van der Waals surface area contributed by atoms with Gasteiger partial charge in [-0.15, -0.1) is 0 Å². The van der Waals surface area contributed by atoms with Crippen LogP contribution < -0.4 is 5.32 Å². The van der Waals surface area contributed by atoms with E-state index in [4.69, 9.17) is 11.6 Å². The van der Waals surface area contributed by atoms with Crippen molar-refractivity contribution in [3.8, 4) is 0 Å². The summed E-state index contributed by atoms with van der Waals surface area (Å²) in [5.41, 5.74) is 1.96. The molecule has 2 rings (SSSR count). The quantitative estimate of drug-likeness (QED) is 0.874. The molecule has 1 aliphatic rings. The molecular formula is C14H24ClN3O. The molecule has 1 aliphatic carbocycles. The molecule has 0 amide bonds. The molecule has 1 aromatic rings. The van der Waals surface area contributed by atoms with E-state index in [1.165, 1.54) is 6.42 Å². The number of aliphatic hydroxyl groups is 1. The number of rotatable bonds is 5. The Morgan fingerprint density at radius 2 is 2.26 bits per heavy atom. The molecule has 2 unspecified atom stereocenters. The maximum Gasteiger partial charge on any atom is 0.0860 e. The molecule has 1 aromatic heterocycles. The Kier molecular flexibility index (Phi) is 5.25. The molecule has 1 fully saturated rings. The third-order valence-electron chi connectivity index (χ3n) is 3.93. The standard InChI is InChI=1S/C14H24ClN3O/c1-3-18-13(14(15)10(2)17-18)9-16-8-11-5-4-6-12(19)7-11/h11-12,16,19H,3-9H2,1-2H3. The molecule has 1 saturated carbocycles. The van der Waals surface area contributed by atoms with E-state index >= 15 is 0 Å². The van der Waals surface area contributed by atoms with Crippen LogP contribution >= 0.6 is 11.6 Å². The number of aliphatic hydroxyl groups excluding tert-OH is 1. The molecule has 0 spiro atoms. The summed E-state index contributed by atoms with van der Waals surface area (Å²) in [7, 11) is 0. The Labute approximate surface area is 120 Å². The lowest BCUT2D eigenvalue weighted by atomic mass is 9.87. The highest BCUT2D eigenvalue weighted by Gasteiger charge is 2.20. The minimum atomic E-state index is -0.104. The summed E-state index contributed by atoms with van der Waals surface area (Å²) < 4.78 is 1.96. The Balaban J connectivity index is 1.85. The lowest BCUT2D eigenvalue weighted by molar-refractivity contribution is 0.100. The van der Waals surface area contributed by atoms with E-state index in [-0.39, 0.29) is 6.10 Å². The second-order valence-electron chi connectivity index (χ2n) is 5.48. The molecule has 2 atom stereocenters. The van der Waals surface area contributed by atoms with E-state index in [0.29, 0.717) is 5.92 Å². The monoisotopic (exact) mass is 285 g/mol. The highest BCUT2D eigenvalue weighted by molar-refractivity contribution is 6.31. The fourth-order valence-corrected chi connectivity index (χ4v) is 3.08. The number of hydrogen-bond acceptors (Lipinski definition) is 3. The summed E-state index contributed by atoms with van der Waals surface area (Å²) in [6.45, 7) is 6.55. The Morgan fingerprint density at radius 3 is 2.95 bits per heavy atom. The number of halogens is 1. The van der Waals surface area contributed by atoms with Gasteiger partial charge in [0, 0.05) is 13.1 Å². The first-order chi connectivity index (χ1) is 9.11. The zero-order valence-corrected chi connectivity index (χ0v) is 12.6. The predicted molar refractivity (Wildman–Crippen MR) is 77.3 cm³/mol. The molecule has 1 heterocycles. The van der Waals surface area contributed by atoms with Gasteiger partial charge in [0.15, 0.2) is 0 Å². The largest absolute Gasteiger partial charge is 0.393 e. The van der Waals surface area contributed by atoms with E-state index in [2.05, 4.69) is 17.3 Å². The smallest absolute Gasteiger partial charge is 0.0860 e. The fourth-order valence-electron chi connectivity index (χ4n) is 2.88. The third-order valence-corrected chi connectivity index (χ3v) is 4.43. The van der Waals surface area contributed by atoms with Crippen molar-refractivity contribution in [1.29, 1.82) is 0 Å². The van der Waals surface area contributed by atoms with Gasteiger partial charge in [-0.3, -0.25) is 4.68 Å². The van der Waals surface area contributed by atoms with Gasteiger partial charge in [-0.1, -0.05) is 18.0 Å². The fraction of sp³-hybridized carbons (Fsp3) is 0.786. The van der Waals surface area contributed by atoms with Crippen LogP contribution in [0, 0.1) is 12.8 Å². The van der Waals surface area contributed by atoms with Crippen molar-refractivity contribution in [2.45, 2.75) is 58.7 Å². The average molecular weight is 286 g/mol. The van der Waals surface area contributed by atoms with Crippen molar-refractivity contribution >= 4 is 11.6 Å². The topological polar surface area (TPSA) is 50.1 Å². The number of nitrogens with zero attached hydrogens (tertiary/aromatic N) is 2. The predicted octanol–water partition coefficient (Wildman–Crippen LogP) is 2.51. The molecule has 2 N–H and O–H groups in total. The van der Waals surface area contributed by atoms with Gasteiger partial charge in [0.05, 0.1) is 22.5 Å². The van der Waals surface area contributed by atoms with Crippen LogP contribution in [0.2, 0.25) is 5.02 Å². The van der Waals surface area contributed by atoms with Gasteiger partial charge in [0.1, 0.15) is 0 Å². The van der Waals surface area contributed by atoms with Crippen molar-refractivity contribution in [1.82, 2.24) is 15.1 Å². The molecule has 19 heavy (non-hydrogen) atoms. The van der Waals surface area contributed by atoms with E-state index < -0.39 is 0 Å². The van der Waals surface area contributed by atoms with Crippen molar-refractivity contribution in [2.24, 2.45) is 5.92 Å². The zero-order valence-electron chi connectivity index (χ0n) is 11.8. The Bertz CT molecular complexity index is 419. The van der Waals surface area contributed by atoms with Gasteiger partial charge in [-0.25, -0.2) is 0 Å². The van der Waals surface area contributed by atoms with Crippen LogP contribution in [0.25, 0.3) is 0 Å². The normalized spacial score (nSPS) is 23.8. The highest BCUT2D eigenvalue weighted by Crippen LogP contribution is 2.24. The molecule has 5 heteroatoms. The lowest BCUT2D eigenvalue weighted by Gasteiger charge is -2.26. The number of hydrogen-bond donors (Lipinski definition) is 2. The van der Waals surface area contributed by atoms with Gasteiger partial charge in [-0.2, -0.15) is 5.10 Å². The van der Waals surface area contributed by atoms with Gasteiger partial charge >= 0.3 is 0 Å². The van der Waals surface area contributed by atoms with Crippen molar-refractivity contribution in [3.05, 3.63) is 16.4 Å². The first kappa shape index (κ1) is 14.8. The van der Waals surface area contributed by atoms with E-state index in [1.807, 2.05) is 11.6 Å². The van der Waals surface area contributed by atoms with E-state index in [0.717, 1.165) is 55.3 Å². The maximum absolute atomic E-state index is 9.66. The van der Waals surface area contributed by atoms with Crippen LogP contribution in [0.3, 0.4) is 0 Å². The summed E-state index contributed by atoms with van der Waals surface area (Å²) in [5, 5.41) is 18.3. The second-order valence-corrected chi connectivity index (χ2v) is 5.86. The van der Waals surface area contributed by atoms with Gasteiger partial charge in [0.2, 0.25) is 0 Å². The van der Waals surface area contributed by atoms with Crippen LogP contribution in [0.15, 0.2) is 0 Å². The maximum atomic E-state index is 9.66.